The zero-order valence-electron chi connectivity index (χ0n) is 11.5. The molecule has 0 aliphatic carbocycles. The second-order valence-electron chi connectivity index (χ2n) is 5.35. The molecule has 1 unspecified atom stereocenters. The maximum Gasteiger partial charge on any atom is 0.230 e. The van der Waals surface area contributed by atoms with Crippen LogP contribution in [-0.4, -0.2) is 10.8 Å². The second-order valence-corrected chi connectivity index (χ2v) is 5.35. The number of carbonyl (C=O) groups is 1. The van der Waals surface area contributed by atoms with Gasteiger partial charge in [0.25, 0.3) is 0 Å². The molecule has 1 atom stereocenters. The number of benzene rings is 2. The van der Waals surface area contributed by atoms with Gasteiger partial charge in [-0.15, -0.1) is 0 Å². The van der Waals surface area contributed by atoms with Crippen LogP contribution >= 0.6 is 0 Å². The molecule has 3 nitrogen and oxygen atoms in total. The number of hydrogen-bond donors (Lipinski definition) is 1. The average molecular weight is 266 g/mol. The van der Waals surface area contributed by atoms with Crippen molar-refractivity contribution in [2.24, 2.45) is 0 Å². The van der Waals surface area contributed by atoms with E-state index in [2.05, 4.69) is 12.1 Å². The van der Waals surface area contributed by atoms with Gasteiger partial charge in [-0.2, -0.15) is 0 Å². The Morgan fingerprint density at radius 1 is 1.10 bits per heavy atom. The number of nitrogens with zero attached hydrogens (tertiary/aromatic N) is 1. The summed E-state index contributed by atoms with van der Waals surface area (Å²) in [5.41, 5.74) is 9.97. The van der Waals surface area contributed by atoms with E-state index in [1.165, 1.54) is 11.1 Å². The highest BCUT2D eigenvalue weighted by Crippen LogP contribution is 2.27. The molecule has 2 N–H and O–H groups in total. The molecular formula is C17H18N2O. The number of nitrogens with two attached hydrogens (primary N) is 1. The first-order valence-corrected chi connectivity index (χ1v) is 6.86. The highest BCUT2D eigenvalue weighted by Gasteiger charge is 2.27. The minimum absolute atomic E-state index is 0.159. The van der Waals surface area contributed by atoms with E-state index in [9.17, 15) is 4.79 Å². The third kappa shape index (κ3) is 2.27. The molecule has 0 saturated heterocycles. The van der Waals surface area contributed by atoms with Gasteiger partial charge in [0.15, 0.2) is 0 Å². The molecule has 0 fully saturated rings. The molecule has 0 radical (unpaired) electrons. The van der Waals surface area contributed by atoms with Crippen LogP contribution in [0.25, 0.3) is 0 Å². The molecule has 3 rings (SSSR count). The van der Waals surface area contributed by atoms with Crippen molar-refractivity contribution in [3.63, 3.8) is 0 Å². The van der Waals surface area contributed by atoms with Gasteiger partial charge in [0, 0.05) is 18.8 Å². The molecule has 20 heavy (non-hydrogen) atoms. The van der Waals surface area contributed by atoms with Crippen LogP contribution in [-0.2, 0) is 17.9 Å². The van der Waals surface area contributed by atoms with E-state index < -0.39 is 0 Å². The average Bonchev–Trinajstić information content (AvgIpc) is 2.89. The Kier molecular flexibility index (Phi) is 3.18. The number of carbonyl (C=O) groups excluding carboxylic acids is 1. The largest absolute Gasteiger partial charge is 0.399 e. The fourth-order valence-electron chi connectivity index (χ4n) is 2.73. The standard InChI is InChI=1S/C17H18N2O/c1-12(13-7-4-8-16(18)9-13)17(20)19-10-14-5-2-3-6-15(14)11-19/h2-9,12H,10-11,18H2,1H3. The Bertz CT molecular complexity index is 626. The summed E-state index contributed by atoms with van der Waals surface area (Å²) in [6.07, 6.45) is 0. The summed E-state index contributed by atoms with van der Waals surface area (Å²) >= 11 is 0. The van der Waals surface area contributed by atoms with Gasteiger partial charge < -0.3 is 10.6 Å². The van der Waals surface area contributed by atoms with Crippen molar-refractivity contribution in [2.45, 2.75) is 25.9 Å². The zero-order valence-corrected chi connectivity index (χ0v) is 11.5. The first-order valence-electron chi connectivity index (χ1n) is 6.86. The summed E-state index contributed by atoms with van der Waals surface area (Å²) in [5.74, 6) is -0.000359. The lowest BCUT2D eigenvalue weighted by Gasteiger charge is -2.21. The molecule has 0 spiro atoms. The van der Waals surface area contributed by atoms with Gasteiger partial charge in [-0.05, 0) is 35.7 Å². The summed E-state index contributed by atoms with van der Waals surface area (Å²) in [4.78, 5) is 14.5. The van der Waals surface area contributed by atoms with Gasteiger partial charge in [-0.1, -0.05) is 36.4 Å². The number of rotatable bonds is 2. The van der Waals surface area contributed by atoms with Gasteiger partial charge in [0.1, 0.15) is 0 Å². The molecule has 0 bridgehead atoms. The van der Waals surface area contributed by atoms with Crippen molar-refractivity contribution >= 4 is 11.6 Å². The van der Waals surface area contributed by atoms with Gasteiger partial charge >= 0.3 is 0 Å². The van der Waals surface area contributed by atoms with Crippen LogP contribution in [0.5, 0.6) is 0 Å². The van der Waals surface area contributed by atoms with Gasteiger partial charge in [-0.3, -0.25) is 4.79 Å². The third-order valence-electron chi connectivity index (χ3n) is 3.93. The summed E-state index contributed by atoms with van der Waals surface area (Å²) < 4.78 is 0. The van der Waals surface area contributed by atoms with Crippen LogP contribution in [0.15, 0.2) is 48.5 Å². The predicted molar refractivity (Wildman–Crippen MR) is 80.0 cm³/mol. The van der Waals surface area contributed by atoms with E-state index in [0.717, 1.165) is 5.56 Å². The molecule has 0 saturated carbocycles. The lowest BCUT2D eigenvalue weighted by Crippen LogP contribution is -2.29. The van der Waals surface area contributed by atoms with Crippen LogP contribution in [0.4, 0.5) is 5.69 Å². The van der Waals surface area contributed by atoms with Crippen LogP contribution in [0.3, 0.4) is 0 Å². The smallest absolute Gasteiger partial charge is 0.230 e. The fraction of sp³-hybridized carbons (Fsp3) is 0.235. The first-order chi connectivity index (χ1) is 9.65. The number of anilines is 1. The number of amides is 1. The lowest BCUT2D eigenvalue weighted by atomic mass is 9.99. The molecule has 1 aliphatic rings. The van der Waals surface area contributed by atoms with E-state index in [1.807, 2.05) is 48.2 Å². The number of nitrogen functional groups attached to an aromatic ring is 1. The highest BCUT2D eigenvalue weighted by atomic mass is 16.2. The minimum Gasteiger partial charge on any atom is -0.399 e. The molecular weight excluding hydrogens is 248 g/mol. The first kappa shape index (κ1) is 12.7. The minimum atomic E-state index is -0.159. The molecule has 1 aliphatic heterocycles. The van der Waals surface area contributed by atoms with Gasteiger partial charge in [0.05, 0.1) is 5.92 Å². The van der Waals surface area contributed by atoms with E-state index in [-0.39, 0.29) is 11.8 Å². The second kappa shape index (κ2) is 5.00. The summed E-state index contributed by atoms with van der Waals surface area (Å²) in [6, 6.07) is 15.8. The number of fused-ring (bicyclic) bond motifs is 1. The van der Waals surface area contributed by atoms with Crippen molar-refractivity contribution in [3.8, 4) is 0 Å². The summed E-state index contributed by atoms with van der Waals surface area (Å²) in [7, 11) is 0. The Morgan fingerprint density at radius 3 is 2.35 bits per heavy atom. The monoisotopic (exact) mass is 266 g/mol. The van der Waals surface area contributed by atoms with Crippen molar-refractivity contribution in [2.75, 3.05) is 5.73 Å². The molecule has 1 heterocycles. The van der Waals surface area contributed by atoms with Crippen LogP contribution in [0.2, 0.25) is 0 Å². The van der Waals surface area contributed by atoms with Crippen molar-refractivity contribution in [1.29, 1.82) is 0 Å². The maximum absolute atomic E-state index is 12.6. The van der Waals surface area contributed by atoms with E-state index in [0.29, 0.717) is 18.8 Å². The maximum atomic E-state index is 12.6. The normalized spacial score (nSPS) is 14.9. The van der Waals surface area contributed by atoms with Gasteiger partial charge in [0.2, 0.25) is 5.91 Å². The van der Waals surface area contributed by atoms with Crippen LogP contribution in [0, 0.1) is 0 Å². The fourth-order valence-corrected chi connectivity index (χ4v) is 2.73. The van der Waals surface area contributed by atoms with Crippen molar-refractivity contribution < 1.29 is 4.79 Å². The van der Waals surface area contributed by atoms with Crippen LogP contribution < -0.4 is 5.73 Å². The quantitative estimate of drug-likeness (QED) is 0.849. The Balaban J connectivity index is 1.78. The van der Waals surface area contributed by atoms with Gasteiger partial charge in [-0.25, -0.2) is 0 Å². The van der Waals surface area contributed by atoms with Crippen molar-refractivity contribution in [3.05, 3.63) is 65.2 Å². The van der Waals surface area contributed by atoms with Crippen molar-refractivity contribution in [1.82, 2.24) is 4.90 Å². The Hall–Kier alpha value is -2.29. The molecule has 0 aromatic heterocycles. The topological polar surface area (TPSA) is 46.3 Å². The van der Waals surface area contributed by atoms with E-state index in [4.69, 9.17) is 5.73 Å². The predicted octanol–water partition coefficient (Wildman–Crippen LogP) is 2.91. The van der Waals surface area contributed by atoms with Crippen LogP contribution in [0.1, 0.15) is 29.5 Å². The molecule has 2 aromatic rings. The summed E-state index contributed by atoms with van der Waals surface area (Å²) in [6.45, 7) is 3.36. The SMILES string of the molecule is CC(C(=O)N1Cc2ccccc2C1)c1cccc(N)c1. The molecule has 3 heteroatoms. The summed E-state index contributed by atoms with van der Waals surface area (Å²) in [5, 5.41) is 0. The zero-order chi connectivity index (χ0) is 14.1. The Labute approximate surface area is 119 Å². The number of hydrogen-bond acceptors (Lipinski definition) is 2. The lowest BCUT2D eigenvalue weighted by molar-refractivity contribution is -0.133. The molecule has 1 amide bonds. The van der Waals surface area contributed by atoms with E-state index >= 15 is 0 Å². The van der Waals surface area contributed by atoms with E-state index in [1.54, 1.807) is 0 Å². The Morgan fingerprint density at radius 2 is 1.75 bits per heavy atom. The third-order valence-corrected chi connectivity index (χ3v) is 3.93. The molecule has 2 aromatic carbocycles. The highest BCUT2D eigenvalue weighted by molar-refractivity contribution is 5.84. The molecule has 102 valence electrons.